The van der Waals surface area contributed by atoms with Gasteiger partial charge in [0.15, 0.2) is 0 Å². The number of rotatable bonds is 6. The van der Waals surface area contributed by atoms with Gasteiger partial charge in [0.2, 0.25) is 0 Å². The molecule has 2 N–H and O–H groups in total. The predicted octanol–water partition coefficient (Wildman–Crippen LogP) is 4.17. The van der Waals surface area contributed by atoms with Crippen molar-refractivity contribution in [2.24, 2.45) is 0 Å². The number of anilines is 1. The summed E-state index contributed by atoms with van der Waals surface area (Å²) < 4.78 is 5.02. The first kappa shape index (κ1) is 17.3. The van der Waals surface area contributed by atoms with E-state index in [2.05, 4.69) is 15.8 Å². The Morgan fingerprint density at radius 2 is 2.09 bits per heavy atom. The molecule has 0 aliphatic carbocycles. The second-order valence-electron chi connectivity index (χ2n) is 6.17. The molecule has 5 nitrogen and oxygen atoms in total. The number of aryl methyl sites for hydroxylation is 1. The summed E-state index contributed by atoms with van der Waals surface area (Å²) in [5, 5.41) is 10.5. The van der Waals surface area contributed by atoms with E-state index in [-0.39, 0.29) is 11.4 Å². The van der Waals surface area contributed by atoms with Gasteiger partial charge in [-0.15, -0.1) is 0 Å². The lowest BCUT2D eigenvalue weighted by molar-refractivity contribution is 0.0911. The fraction of sp³-hybridized carbons (Fsp3) is 0.412. The van der Waals surface area contributed by atoms with Gasteiger partial charge in [0.05, 0.1) is 17.1 Å². The van der Waals surface area contributed by atoms with Gasteiger partial charge >= 0.3 is 0 Å². The van der Waals surface area contributed by atoms with Crippen molar-refractivity contribution >= 4 is 23.2 Å². The monoisotopic (exact) mass is 335 g/mol. The Bertz CT molecular complexity index is 695. The van der Waals surface area contributed by atoms with Crippen LogP contribution in [0.25, 0.3) is 0 Å². The normalized spacial score (nSPS) is 11.3. The molecule has 1 amide bonds. The summed E-state index contributed by atoms with van der Waals surface area (Å²) in [4.78, 5) is 12.3. The van der Waals surface area contributed by atoms with Crippen LogP contribution in [0.4, 0.5) is 5.69 Å². The Hall–Kier alpha value is -2.01. The molecule has 0 atom stereocenters. The zero-order chi connectivity index (χ0) is 17.0. The summed E-state index contributed by atoms with van der Waals surface area (Å²) in [6.45, 7) is 8.37. The van der Waals surface area contributed by atoms with Gasteiger partial charge in [-0.05, 0) is 45.4 Å². The van der Waals surface area contributed by atoms with Crippen molar-refractivity contribution in [1.29, 1.82) is 0 Å². The maximum Gasteiger partial charge on any atom is 0.253 e. The molecule has 0 fully saturated rings. The van der Waals surface area contributed by atoms with E-state index >= 15 is 0 Å². The van der Waals surface area contributed by atoms with Crippen LogP contribution in [0.1, 0.15) is 49.0 Å². The van der Waals surface area contributed by atoms with Gasteiger partial charge in [0, 0.05) is 17.3 Å². The van der Waals surface area contributed by atoms with E-state index in [9.17, 15) is 4.79 Å². The van der Waals surface area contributed by atoms with Gasteiger partial charge in [-0.25, -0.2) is 0 Å². The van der Waals surface area contributed by atoms with E-state index in [4.69, 9.17) is 16.1 Å². The lowest BCUT2D eigenvalue weighted by atomic mass is 10.0. The Labute approximate surface area is 141 Å². The molecular formula is C17H22ClN3O2. The van der Waals surface area contributed by atoms with Gasteiger partial charge in [0.25, 0.3) is 5.91 Å². The molecule has 0 spiro atoms. The third-order valence-electron chi connectivity index (χ3n) is 3.70. The smallest absolute Gasteiger partial charge is 0.253 e. The molecule has 0 radical (unpaired) electrons. The minimum Gasteiger partial charge on any atom is -0.379 e. The molecule has 1 aromatic carbocycles. The number of aromatic nitrogens is 1. The highest BCUT2D eigenvalue weighted by Gasteiger charge is 2.20. The quantitative estimate of drug-likeness (QED) is 0.831. The first-order valence-electron chi connectivity index (χ1n) is 7.59. The van der Waals surface area contributed by atoms with Crippen molar-refractivity contribution in [2.45, 2.75) is 46.2 Å². The molecular weight excluding hydrogens is 314 g/mol. The molecule has 1 heterocycles. The van der Waals surface area contributed by atoms with E-state index in [1.807, 2.05) is 39.8 Å². The number of hydrogen-bond acceptors (Lipinski definition) is 4. The van der Waals surface area contributed by atoms with Crippen LogP contribution < -0.4 is 10.6 Å². The lowest BCUT2D eigenvalue weighted by Gasteiger charge is -2.24. The van der Waals surface area contributed by atoms with Crippen molar-refractivity contribution in [3.05, 3.63) is 46.3 Å². The second-order valence-corrected chi connectivity index (χ2v) is 6.58. The lowest BCUT2D eigenvalue weighted by Crippen LogP contribution is -2.42. The Kier molecular flexibility index (Phi) is 5.31. The fourth-order valence-electron chi connectivity index (χ4n) is 1.97. The van der Waals surface area contributed by atoms with Crippen molar-refractivity contribution in [3.63, 3.8) is 0 Å². The number of hydrogen-bond donors (Lipinski definition) is 2. The van der Waals surface area contributed by atoms with Crippen LogP contribution in [-0.4, -0.2) is 16.6 Å². The number of carbonyl (C=O) groups is 1. The van der Waals surface area contributed by atoms with Gasteiger partial charge in [0.1, 0.15) is 11.5 Å². The van der Waals surface area contributed by atoms with Crippen molar-refractivity contribution in [2.75, 3.05) is 5.32 Å². The van der Waals surface area contributed by atoms with Crippen LogP contribution in [0.5, 0.6) is 0 Å². The average Bonchev–Trinajstić information content (AvgIpc) is 2.90. The van der Waals surface area contributed by atoms with Gasteiger partial charge in [-0.1, -0.05) is 23.7 Å². The number of nitrogens with one attached hydrogen (secondary N) is 2. The Morgan fingerprint density at radius 1 is 1.35 bits per heavy atom. The zero-order valence-electron chi connectivity index (χ0n) is 13.9. The highest BCUT2D eigenvalue weighted by Crippen LogP contribution is 2.22. The Balaban J connectivity index is 2.04. The third-order valence-corrected chi connectivity index (χ3v) is 4.01. The average molecular weight is 336 g/mol. The SMILES string of the molecule is CCC(C)(C)NC(=O)c1ccc(NCc2cc(C)on2)cc1Cl. The van der Waals surface area contributed by atoms with Gasteiger partial charge in [-0.3, -0.25) is 4.79 Å². The van der Waals surface area contributed by atoms with Crippen LogP contribution in [0.2, 0.25) is 5.02 Å². The highest BCUT2D eigenvalue weighted by atomic mass is 35.5. The van der Waals surface area contributed by atoms with Crippen LogP contribution in [-0.2, 0) is 6.54 Å². The van der Waals surface area contributed by atoms with Crippen LogP contribution in [0.15, 0.2) is 28.8 Å². The topological polar surface area (TPSA) is 67.2 Å². The first-order chi connectivity index (χ1) is 10.8. The van der Waals surface area contributed by atoms with E-state index in [0.29, 0.717) is 17.1 Å². The number of nitrogens with zero attached hydrogens (tertiary/aromatic N) is 1. The summed E-state index contributed by atoms with van der Waals surface area (Å²) in [6.07, 6.45) is 0.840. The zero-order valence-corrected chi connectivity index (χ0v) is 14.6. The van der Waals surface area contributed by atoms with Crippen LogP contribution >= 0.6 is 11.6 Å². The molecule has 2 rings (SSSR count). The maximum absolute atomic E-state index is 12.3. The molecule has 1 aromatic heterocycles. The molecule has 23 heavy (non-hydrogen) atoms. The highest BCUT2D eigenvalue weighted by molar-refractivity contribution is 6.34. The Morgan fingerprint density at radius 3 is 2.65 bits per heavy atom. The van der Waals surface area contributed by atoms with E-state index in [1.165, 1.54) is 0 Å². The van der Waals surface area contributed by atoms with Crippen molar-refractivity contribution in [3.8, 4) is 0 Å². The molecule has 0 saturated heterocycles. The minimum absolute atomic E-state index is 0.166. The molecule has 0 unspecified atom stereocenters. The number of amides is 1. The fourth-order valence-corrected chi connectivity index (χ4v) is 2.23. The molecule has 2 aromatic rings. The number of benzene rings is 1. The molecule has 0 bridgehead atoms. The summed E-state index contributed by atoms with van der Waals surface area (Å²) in [7, 11) is 0. The van der Waals surface area contributed by atoms with Crippen molar-refractivity contribution < 1.29 is 9.32 Å². The third kappa shape index (κ3) is 4.73. The second kappa shape index (κ2) is 7.04. The largest absolute Gasteiger partial charge is 0.379 e. The summed E-state index contributed by atoms with van der Waals surface area (Å²) in [5.41, 5.74) is 1.84. The van der Waals surface area contributed by atoms with Crippen LogP contribution in [0, 0.1) is 6.92 Å². The van der Waals surface area contributed by atoms with E-state index < -0.39 is 0 Å². The summed E-state index contributed by atoms with van der Waals surface area (Å²) in [5.74, 6) is 0.603. The summed E-state index contributed by atoms with van der Waals surface area (Å²) in [6, 6.07) is 7.15. The molecule has 0 saturated carbocycles. The van der Waals surface area contributed by atoms with Gasteiger partial charge < -0.3 is 15.2 Å². The first-order valence-corrected chi connectivity index (χ1v) is 7.96. The molecule has 0 aliphatic rings. The molecule has 6 heteroatoms. The maximum atomic E-state index is 12.3. The van der Waals surface area contributed by atoms with Crippen molar-refractivity contribution in [1.82, 2.24) is 10.5 Å². The van der Waals surface area contributed by atoms with E-state index in [1.54, 1.807) is 12.1 Å². The summed E-state index contributed by atoms with van der Waals surface area (Å²) >= 11 is 6.25. The predicted molar refractivity (Wildman–Crippen MR) is 91.9 cm³/mol. The number of carbonyl (C=O) groups excluding carboxylic acids is 1. The van der Waals surface area contributed by atoms with Crippen LogP contribution in [0.3, 0.4) is 0 Å². The standard InChI is InChI=1S/C17H22ClN3O2/c1-5-17(3,4)20-16(22)14-7-6-12(9-15(14)18)19-10-13-8-11(2)23-21-13/h6-9,19H,5,10H2,1-4H3,(H,20,22). The van der Waals surface area contributed by atoms with E-state index in [0.717, 1.165) is 23.6 Å². The molecule has 124 valence electrons. The van der Waals surface area contributed by atoms with Gasteiger partial charge in [-0.2, -0.15) is 0 Å². The number of halogens is 1. The molecule has 0 aliphatic heterocycles. The minimum atomic E-state index is -0.262.